The van der Waals surface area contributed by atoms with Crippen LogP contribution in [-0.4, -0.2) is 25.6 Å². The van der Waals surface area contributed by atoms with Crippen molar-refractivity contribution in [1.29, 1.82) is 0 Å². The van der Waals surface area contributed by atoms with Crippen LogP contribution < -0.4 is 5.32 Å². The molecule has 26 heavy (non-hydrogen) atoms. The highest BCUT2D eigenvalue weighted by molar-refractivity contribution is 5.95. The van der Waals surface area contributed by atoms with E-state index in [9.17, 15) is 9.59 Å². The summed E-state index contributed by atoms with van der Waals surface area (Å²) in [6.45, 7) is 4.45. The first-order chi connectivity index (χ1) is 12.5. The molecule has 0 unspecified atom stereocenters. The Balaban J connectivity index is 1.83. The summed E-state index contributed by atoms with van der Waals surface area (Å²) in [7, 11) is 1.61. The van der Waals surface area contributed by atoms with Crippen molar-refractivity contribution in [3.8, 4) is 0 Å². The van der Waals surface area contributed by atoms with Gasteiger partial charge in [0.1, 0.15) is 0 Å². The van der Waals surface area contributed by atoms with Gasteiger partial charge < -0.3 is 14.8 Å². The van der Waals surface area contributed by atoms with Crippen molar-refractivity contribution in [2.24, 2.45) is 0 Å². The zero-order valence-electron chi connectivity index (χ0n) is 15.5. The summed E-state index contributed by atoms with van der Waals surface area (Å²) in [6, 6.07) is 14.6. The van der Waals surface area contributed by atoms with Gasteiger partial charge in [-0.05, 0) is 47.7 Å². The molecule has 0 fully saturated rings. The molecule has 0 aliphatic heterocycles. The van der Waals surface area contributed by atoms with E-state index in [0.717, 1.165) is 12.0 Å². The van der Waals surface area contributed by atoms with Crippen LogP contribution in [-0.2, 0) is 20.9 Å². The first kappa shape index (κ1) is 19.7. The molecule has 0 aliphatic rings. The molecule has 0 spiro atoms. The highest BCUT2D eigenvalue weighted by Crippen LogP contribution is 2.20. The van der Waals surface area contributed by atoms with E-state index in [0.29, 0.717) is 23.8 Å². The number of esters is 1. The molecule has 0 radical (unpaired) electrons. The van der Waals surface area contributed by atoms with Gasteiger partial charge in [-0.3, -0.25) is 4.79 Å². The predicted octanol–water partition coefficient (Wildman–Crippen LogP) is 4.14. The molecule has 2 rings (SSSR count). The smallest absolute Gasteiger partial charge is 0.338 e. The SMILES string of the molecule is CC[C@H](C)c1ccc(NC(=O)COC(=O)c2ccc(COC)cc2)cc1. The van der Waals surface area contributed by atoms with Gasteiger partial charge in [0.15, 0.2) is 6.61 Å². The molecule has 0 bridgehead atoms. The molecule has 2 aromatic carbocycles. The van der Waals surface area contributed by atoms with Gasteiger partial charge in [0.2, 0.25) is 0 Å². The second-order valence-electron chi connectivity index (χ2n) is 6.19. The molecule has 0 aromatic heterocycles. The number of methoxy groups -OCH3 is 1. The van der Waals surface area contributed by atoms with Crippen LogP contribution in [0.2, 0.25) is 0 Å². The Morgan fingerprint density at radius 1 is 1.04 bits per heavy atom. The van der Waals surface area contributed by atoms with Gasteiger partial charge in [0.25, 0.3) is 5.91 Å². The summed E-state index contributed by atoms with van der Waals surface area (Å²) in [5.41, 5.74) is 3.27. The number of rotatable bonds is 8. The van der Waals surface area contributed by atoms with Crippen LogP contribution in [0.25, 0.3) is 0 Å². The van der Waals surface area contributed by atoms with Gasteiger partial charge >= 0.3 is 5.97 Å². The van der Waals surface area contributed by atoms with Crippen molar-refractivity contribution < 1.29 is 19.1 Å². The quantitative estimate of drug-likeness (QED) is 0.723. The third-order valence-corrected chi connectivity index (χ3v) is 4.21. The number of benzene rings is 2. The Morgan fingerprint density at radius 3 is 2.27 bits per heavy atom. The number of nitrogens with one attached hydrogen (secondary N) is 1. The molecular weight excluding hydrogens is 330 g/mol. The molecule has 5 heteroatoms. The molecule has 1 amide bonds. The van der Waals surface area contributed by atoms with Crippen LogP contribution in [0.3, 0.4) is 0 Å². The maximum absolute atomic E-state index is 12.0. The van der Waals surface area contributed by atoms with Gasteiger partial charge in [0.05, 0.1) is 12.2 Å². The number of anilines is 1. The Kier molecular flexibility index (Phi) is 7.36. The van der Waals surface area contributed by atoms with Crippen molar-refractivity contribution in [3.63, 3.8) is 0 Å². The van der Waals surface area contributed by atoms with Crippen LogP contribution in [0.5, 0.6) is 0 Å². The van der Waals surface area contributed by atoms with Gasteiger partial charge in [-0.2, -0.15) is 0 Å². The summed E-state index contributed by atoms with van der Waals surface area (Å²) >= 11 is 0. The summed E-state index contributed by atoms with van der Waals surface area (Å²) in [5, 5.41) is 2.73. The Bertz CT molecular complexity index is 723. The highest BCUT2D eigenvalue weighted by Gasteiger charge is 2.11. The summed E-state index contributed by atoms with van der Waals surface area (Å²) in [5.74, 6) is -0.419. The first-order valence-electron chi connectivity index (χ1n) is 8.68. The fourth-order valence-corrected chi connectivity index (χ4v) is 2.45. The Morgan fingerprint density at radius 2 is 1.69 bits per heavy atom. The third kappa shape index (κ3) is 5.70. The molecule has 0 aliphatic carbocycles. The zero-order valence-corrected chi connectivity index (χ0v) is 15.5. The van der Waals surface area contributed by atoms with Crippen molar-refractivity contribution in [3.05, 3.63) is 65.2 Å². The molecule has 2 aromatic rings. The lowest BCUT2D eigenvalue weighted by molar-refractivity contribution is -0.119. The summed E-state index contributed by atoms with van der Waals surface area (Å²) in [4.78, 5) is 23.9. The molecule has 0 heterocycles. The van der Waals surface area contributed by atoms with Crippen LogP contribution >= 0.6 is 0 Å². The number of carbonyl (C=O) groups is 2. The van der Waals surface area contributed by atoms with Crippen LogP contribution in [0, 0.1) is 0 Å². The average molecular weight is 355 g/mol. The second kappa shape index (κ2) is 9.73. The van der Waals surface area contributed by atoms with E-state index in [2.05, 4.69) is 19.2 Å². The lowest BCUT2D eigenvalue weighted by Gasteiger charge is -2.11. The second-order valence-corrected chi connectivity index (χ2v) is 6.19. The van der Waals surface area contributed by atoms with Gasteiger partial charge in [-0.15, -0.1) is 0 Å². The lowest BCUT2D eigenvalue weighted by atomic mass is 9.99. The van der Waals surface area contributed by atoms with E-state index in [4.69, 9.17) is 9.47 Å². The maximum atomic E-state index is 12.0. The monoisotopic (exact) mass is 355 g/mol. The minimum absolute atomic E-state index is 0.328. The van der Waals surface area contributed by atoms with E-state index in [1.54, 1.807) is 31.4 Å². The molecule has 0 saturated heterocycles. The van der Waals surface area contributed by atoms with Crippen molar-refractivity contribution in [1.82, 2.24) is 0 Å². The highest BCUT2D eigenvalue weighted by atomic mass is 16.5. The minimum Gasteiger partial charge on any atom is -0.452 e. The number of amides is 1. The standard InChI is InChI=1S/C21H25NO4/c1-4-15(2)17-9-11-19(12-10-17)22-20(23)14-26-21(24)18-7-5-16(6-8-18)13-25-3/h5-12,15H,4,13-14H2,1-3H3,(H,22,23)/t15-/m0/s1. The molecule has 0 saturated carbocycles. The molecular formula is C21H25NO4. The Labute approximate surface area is 154 Å². The number of hydrogen-bond donors (Lipinski definition) is 1. The molecule has 5 nitrogen and oxygen atoms in total. The minimum atomic E-state index is -0.531. The molecule has 1 atom stereocenters. The van der Waals surface area contributed by atoms with Crippen molar-refractivity contribution in [2.75, 3.05) is 19.0 Å². The fraction of sp³-hybridized carbons (Fsp3) is 0.333. The first-order valence-corrected chi connectivity index (χ1v) is 8.68. The fourth-order valence-electron chi connectivity index (χ4n) is 2.45. The van der Waals surface area contributed by atoms with Crippen molar-refractivity contribution in [2.45, 2.75) is 32.8 Å². The Hall–Kier alpha value is -2.66. The van der Waals surface area contributed by atoms with Crippen LogP contribution in [0.4, 0.5) is 5.69 Å². The topological polar surface area (TPSA) is 64.6 Å². The molecule has 1 N–H and O–H groups in total. The number of carbonyl (C=O) groups excluding carboxylic acids is 2. The van der Waals surface area contributed by atoms with E-state index in [1.165, 1.54) is 5.56 Å². The van der Waals surface area contributed by atoms with Crippen LogP contribution in [0.15, 0.2) is 48.5 Å². The van der Waals surface area contributed by atoms with Gasteiger partial charge in [-0.25, -0.2) is 4.79 Å². The zero-order chi connectivity index (χ0) is 18.9. The number of hydrogen-bond acceptors (Lipinski definition) is 4. The summed E-state index contributed by atoms with van der Waals surface area (Å²) in [6.07, 6.45) is 1.06. The normalized spacial score (nSPS) is 11.7. The van der Waals surface area contributed by atoms with Crippen LogP contribution in [0.1, 0.15) is 47.7 Å². The molecule has 138 valence electrons. The lowest BCUT2D eigenvalue weighted by Crippen LogP contribution is -2.20. The van der Waals surface area contributed by atoms with E-state index in [1.807, 2.05) is 24.3 Å². The maximum Gasteiger partial charge on any atom is 0.338 e. The third-order valence-electron chi connectivity index (χ3n) is 4.21. The van der Waals surface area contributed by atoms with E-state index < -0.39 is 5.97 Å². The van der Waals surface area contributed by atoms with E-state index in [-0.39, 0.29) is 12.5 Å². The van der Waals surface area contributed by atoms with Gasteiger partial charge in [0, 0.05) is 12.8 Å². The van der Waals surface area contributed by atoms with Gasteiger partial charge in [-0.1, -0.05) is 38.1 Å². The number of ether oxygens (including phenoxy) is 2. The van der Waals surface area contributed by atoms with Crippen molar-refractivity contribution >= 4 is 17.6 Å². The largest absolute Gasteiger partial charge is 0.452 e. The van der Waals surface area contributed by atoms with E-state index >= 15 is 0 Å². The average Bonchev–Trinajstić information content (AvgIpc) is 2.67. The predicted molar refractivity (Wildman–Crippen MR) is 101 cm³/mol. The summed E-state index contributed by atoms with van der Waals surface area (Å²) < 4.78 is 10.1.